The third kappa shape index (κ3) is 4.93. The molecule has 37 heavy (non-hydrogen) atoms. The summed E-state index contributed by atoms with van der Waals surface area (Å²) in [5.41, 5.74) is 6.59. The van der Waals surface area contributed by atoms with Gasteiger partial charge in [-0.2, -0.15) is 0 Å². The van der Waals surface area contributed by atoms with Gasteiger partial charge in [0.1, 0.15) is 5.75 Å². The van der Waals surface area contributed by atoms with Crippen molar-refractivity contribution in [2.75, 3.05) is 65.4 Å². The largest absolute Gasteiger partial charge is 0.496 e. The first kappa shape index (κ1) is 24.9. The summed E-state index contributed by atoms with van der Waals surface area (Å²) in [6.45, 7) is 6.74. The van der Waals surface area contributed by atoms with E-state index in [-0.39, 0.29) is 11.8 Å². The Hall–Kier alpha value is -3.78. The van der Waals surface area contributed by atoms with Crippen LogP contribution >= 0.6 is 0 Å². The number of ether oxygens (including phenoxy) is 1. The van der Waals surface area contributed by atoms with E-state index in [1.807, 2.05) is 17.0 Å². The topological polar surface area (TPSA) is 80.9 Å². The van der Waals surface area contributed by atoms with Gasteiger partial charge >= 0.3 is 0 Å². The molecule has 2 aliphatic rings. The first-order valence-corrected chi connectivity index (χ1v) is 12.8. The Balaban J connectivity index is 1.63. The molecule has 1 fully saturated rings. The molecule has 8 nitrogen and oxygen atoms in total. The fourth-order valence-electron chi connectivity index (χ4n) is 5.24. The molecule has 0 radical (unpaired) electrons. The normalized spacial score (nSPS) is 16.1. The molecule has 2 aliphatic heterocycles. The summed E-state index contributed by atoms with van der Waals surface area (Å²) in [7, 11) is 5.22. The number of benzene rings is 2. The first-order valence-electron chi connectivity index (χ1n) is 12.8. The van der Waals surface area contributed by atoms with Crippen LogP contribution in [0.5, 0.6) is 5.75 Å². The van der Waals surface area contributed by atoms with Gasteiger partial charge in [-0.25, -0.2) is 0 Å². The van der Waals surface area contributed by atoms with Crippen LogP contribution in [0.1, 0.15) is 29.4 Å². The van der Waals surface area contributed by atoms with Crippen LogP contribution in [-0.2, 0) is 4.79 Å². The van der Waals surface area contributed by atoms with E-state index in [1.165, 1.54) is 0 Å². The lowest BCUT2D eigenvalue weighted by atomic mass is 9.98. The number of nitrogens with zero attached hydrogens (tertiary/aromatic N) is 3. The zero-order chi connectivity index (χ0) is 26.1. The number of methoxy groups -OCH3 is 1. The van der Waals surface area contributed by atoms with Gasteiger partial charge in [0.25, 0.3) is 5.91 Å². The van der Waals surface area contributed by atoms with E-state index in [4.69, 9.17) is 4.74 Å². The highest BCUT2D eigenvalue weighted by atomic mass is 16.5. The second-order valence-electron chi connectivity index (χ2n) is 9.95. The summed E-state index contributed by atoms with van der Waals surface area (Å²) < 4.78 is 5.88. The number of anilines is 1. The quantitative estimate of drug-likeness (QED) is 0.559. The van der Waals surface area contributed by atoms with E-state index in [1.54, 1.807) is 33.0 Å². The minimum Gasteiger partial charge on any atom is -0.496 e. The molecule has 3 aromatic rings. The summed E-state index contributed by atoms with van der Waals surface area (Å²) in [4.78, 5) is 34.5. The Bertz CT molecular complexity index is 1370. The minimum absolute atomic E-state index is 0.0538. The van der Waals surface area contributed by atoms with Gasteiger partial charge in [-0.3, -0.25) is 9.59 Å². The molecular formula is C29H35N5O3. The monoisotopic (exact) mass is 501 g/mol. The predicted octanol–water partition coefficient (Wildman–Crippen LogP) is 3.59. The highest BCUT2D eigenvalue weighted by Crippen LogP contribution is 2.39. The molecule has 0 atom stereocenters. The van der Waals surface area contributed by atoms with Crippen LogP contribution in [0.2, 0.25) is 0 Å². The molecule has 0 saturated carbocycles. The molecule has 0 bridgehead atoms. The van der Waals surface area contributed by atoms with Gasteiger partial charge in [0.05, 0.1) is 12.6 Å². The highest BCUT2D eigenvalue weighted by Gasteiger charge is 2.22. The second kappa shape index (κ2) is 10.3. The summed E-state index contributed by atoms with van der Waals surface area (Å²) in [6.07, 6.45) is 3.02. The van der Waals surface area contributed by atoms with E-state index in [0.717, 1.165) is 83.9 Å². The Kier molecular flexibility index (Phi) is 6.93. The average molecular weight is 502 g/mol. The minimum atomic E-state index is -0.0538. The summed E-state index contributed by atoms with van der Waals surface area (Å²) >= 11 is 0. The summed E-state index contributed by atoms with van der Waals surface area (Å²) in [5, 5.41) is 4.35. The maximum absolute atomic E-state index is 13.0. The number of fused-ring (bicyclic) bond motifs is 1. The van der Waals surface area contributed by atoms with Crippen LogP contribution in [0.3, 0.4) is 0 Å². The van der Waals surface area contributed by atoms with Crippen molar-refractivity contribution in [2.24, 2.45) is 0 Å². The lowest BCUT2D eigenvalue weighted by Gasteiger charge is -2.30. The summed E-state index contributed by atoms with van der Waals surface area (Å²) in [5.74, 6) is 0.792. The smallest absolute Gasteiger partial charge is 0.253 e. The standard InChI is InChI=1S/C29H35N5O3/c1-19(35)34-11-5-6-20(18-34)26-16-21-14-22(29(36)32(2)3)15-25(28(21)31-26)24-8-7-23(17-27(24)37-4)33-12-9-30-10-13-33/h6-8,14-17,30-31H,5,9-13,18H2,1-4H3. The molecule has 0 spiro atoms. The zero-order valence-electron chi connectivity index (χ0n) is 22.1. The van der Waals surface area contributed by atoms with Crippen molar-refractivity contribution < 1.29 is 14.3 Å². The average Bonchev–Trinajstić information content (AvgIpc) is 3.36. The van der Waals surface area contributed by atoms with Gasteiger partial charge in [0.15, 0.2) is 0 Å². The van der Waals surface area contributed by atoms with Crippen molar-refractivity contribution in [1.82, 2.24) is 20.1 Å². The molecule has 0 aliphatic carbocycles. The van der Waals surface area contributed by atoms with Crippen LogP contribution in [0.15, 0.2) is 42.5 Å². The maximum atomic E-state index is 13.0. The van der Waals surface area contributed by atoms with Gasteiger partial charge < -0.3 is 29.7 Å². The number of hydrogen-bond acceptors (Lipinski definition) is 5. The van der Waals surface area contributed by atoms with Gasteiger partial charge in [-0.05, 0) is 42.3 Å². The number of aromatic nitrogens is 1. The van der Waals surface area contributed by atoms with Gasteiger partial charge in [0.2, 0.25) is 5.91 Å². The predicted molar refractivity (Wildman–Crippen MR) is 148 cm³/mol. The molecule has 0 unspecified atom stereocenters. The molecule has 2 aromatic carbocycles. The van der Waals surface area contributed by atoms with Crippen molar-refractivity contribution in [3.05, 3.63) is 53.7 Å². The fraction of sp³-hybridized carbons (Fsp3) is 0.379. The number of aromatic amines is 1. The van der Waals surface area contributed by atoms with E-state index in [2.05, 4.69) is 45.5 Å². The molecule has 5 rings (SSSR count). The third-order valence-corrected chi connectivity index (χ3v) is 7.28. The van der Waals surface area contributed by atoms with Crippen molar-refractivity contribution >= 4 is 34.0 Å². The highest BCUT2D eigenvalue weighted by molar-refractivity contribution is 6.05. The molecule has 8 heteroatoms. The molecule has 2 N–H and O–H groups in total. The van der Waals surface area contributed by atoms with E-state index >= 15 is 0 Å². The van der Waals surface area contributed by atoms with Crippen molar-refractivity contribution in [1.29, 1.82) is 0 Å². The molecule has 2 amide bonds. The van der Waals surface area contributed by atoms with E-state index in [0.29, 0.717) is 12.1 Å². The lowest BCUT2D eigenvalue weighted by molar-refractivity contribution is -0.128. The third-order valence-electron chi connectivity index (χ3n) is 7.28. The molecular weight excluding hydrogens is 466 g/mol. The number of nitrogens with one attached hydrogen (secondary N) is 2. The Morgan fingerprint density at radius 3 is 2.49 bits per heavy atom. The molecule has 1 saturated heterocycles. The van der Waals surface area contributed by atoms with Gasteiger partial charge in [-0.1, -0.05) is 6.08 Å². The molecule has 194 valence electrons. The number of amides is 2. The number of H-pyrrole nitrogens is 1. The zero-order valence-corrected chi connectivity index (χ0v) is 22.1. The SMILES string of the molecule is COc1cc(N2CCNCC2)ccc1-c1cc(C(=O)N(C)C)cc2cc(C3=CCCN(C(C)=O)C3)[nH]c12. The van der Waals surface area contributed by atoms with Crippen molar-refractivity contribution in [3.63, 3.8) is 0 Å². The van der Waals surface area contributed by atoms with Crippen LogP contribution in [0, 0.1) is 0 Å². The lowest BCUT2D eigenvalue weighted by Crippen LogP contribution is -2.43. The first-order chi connectivity index (χ1) is 17.9. The van der Waals surface area contributed by atoms with Crippen LogP contribution < -0.4 is 15.0 Å². The van der Waals surface area contributed by atoms with Crippen molar-refractivity contribution in [3.8, 4) is 16.9 Å². The molecule has 1 aromatic heterocycles. The number of piperazine rings is 1. The number of carbonyl (C=O) groups excluding carboxylic acids is 2. The number of rotatable bonds is 5. The van der Waals surface area contributed by atoms with E-state index in [9.17, 15) is 9.59 Å². The van der Waals surface area contributed by atoms with Crippen LogP contribution in [0.25, 0.3) is 27.6 Å². The van der Waals surface area contributed by atoms with E-state index < -0.39 is 0 Å². The Morgan fingerprint density at radius 2 is 1.78 bits per heavy atom. The molecule has 3 heterocycles. The second-order valence-corrected chi connectivity index (χ2v) is 9.95. The van der Waals surface area contributed by atoms with Crippen LogP contribution in [-0.4, -0.2) is 87.1 Å². The fourth-order valence-corrected chi connectivity index (χ4v) is 5.24. The summed E-state index contributed by atoms with van der Waals surface area (Å²) in [6, 6.07) is 12.3. The maximum Gasteiger partial charge on any atom is 0.253 e. The Morgan fingerprint density at radius 1 is 1.00 bits per heavy atom. The Labute approximate surface area is 217 Å². The van der Waals surface area contributed by atoms with Crippen molar-refractivity contribution in [2.45, 2.75) is 13.3 Å². The van der Waals surface area contributed by atoms with Gasteiger partial charge in [0, 0.05) is 99.8 Å². The van der Waals surface area contributed by atoms with Gasteiger partial charge in [-0.15, -0.1) is 0 Å². The number of hydrogen-bond donors (Lipinski definition) is 2. The van der Waals surface area contributed by atoms with Crippen LogP contribution in [0.4, 0.5) is 5.69 Å². The number of carbonyl (C=O) groups is 2.